The van der Waals surface area contributed by atoms with Crippen LogP contribution in [0.15, 0.2) is 42.5 Å². The van der Waals surface area contributed by atoms with E-state index in [4.69, 9.17) is 16.9 Å². The minimum Gasteiger partial charge on any atom is -0.478 e. The molecule has 1 heterocycles. The van der Waals surface area contributed by atoms with Crippen molar-refractivity contribution in [1.82, 2.24) is 4.90 Å². The van der Waals surface area contributed by atoms with E-state index in [0.717, 1.165) is 38.4 Å². The van der Waals surface area contributed by atoms with Crippen LogP contribution in [0.5, 0.6) is 0 Å². The third kappa shape index (κ3) is 5.25. The Balaban J connectivity index is 1.72. The summed E-state index contributed by atoms with van der Waals surface area (Å²) in [5.41, 5.74) is 1.47. The molecule has 150 valence electrons. The number of carboxylic acid groups (broad SMARTS) is 1. The molecule has 8 heteroatoms. The molecule has 0 aromatic heterocycles. The first-order valence-electron chi connectivity index (χ1n) is 9.26. The van der Waals surface area contributed by atoms with E-state index in [1.54, 1.807) is 36.4 Å². The number of hydrogen-bond acceptors (Lipinski definition) is 5. The first kappa shape index (κ1) is 20.6. The van der Waals surface area contributed by atoms with Crippen LogP contribution in [0, 0.1) is 11.3 Å². The Labute approximate surface area is 174 Å². The number of amides is 1. The number of carbonyl (C=O) groups is 2. The van der Waals surface area contributed by atoms with Crippen LogP contribution >= 0.6 is 11.6 Å². The van der Waals surface area contributed by atoms with Gasteiger partial charge in [0.15, 0.2) is 0 Å². The van der Waals surface area contributed by atoms with Crippen LogP contribution in [-0.2, 0) is 0 Å². The standard InChI is InChI=1S/C21H21ClN4O3/c22-16-4-2-15(3-5-16)20(27)24-19-7-6-17(14-18(19)21(28)29)26-12-10-25(11-13-26)9-1-8-23/h2-7,14H,1,9-13H2,(H,24,27)(H,28,29). The fraction of sp³-hybridized carbons (Fsp3) is 0.286. The quantitative estimate of drug-likeness (QED) is 0.755. The Hall–Kier alpha value is -3.08. The molecule has 0 unspecified atom stereocenters. The average molecular weight is 413 g/mol. The van der Waals surface area contributed by atoms with E-state index in [9.17, 15) is 14.7 Å². The number of hydrogen-bond donors (Lipinski definition) is 2. The highest BCUT2D eigenvalue weighted by molar-refractivity contribution is 6.30. The monoisotopic (exact) mass is 412 g/mol. The lowest BCUT2D eigenvalue weighted by Crippen LogP contribution is -2.46. The Morgan fingerprint density at radius 1 is 1.10 bits per heavy atom. The van der Waals surface area contributed by atoms with Gasteiger partial charge in [0.25, 0.3) is 5.91 Å². The molecule has 1 aliphatic heterocycles. The number of nitrogens with zero attached hydrogens (tertiary/aromatic N) is 3. The third-order valence-electron chi connectivity index (χ3n) is 4.87. The van der Waals surface area contributed by atoms with Gasteiger partial charge < -0.3 is 15.3 Å². The number of nitriles is 1. The van der Waals surface area contributed by atoms with Crippen LogP contribution in [0.4, 0.5) is 11.4 Å². The van der Waals surface area contributed by atoms with Gasteiger partial charge in [0.1, 0.15) is 0 Å². The Kier molecular flexibility index (Phi) is 6.70. The summed E-state index contributed by atoms with van der Waals surface area (Å²) in [6.45, 7) is 3.89. The molecule has 0 spiro atoms. The number of rotatable bonds is 6. The summed E-state index contributed by atoms with van der Waals surface area (Å²) in [5, 5.41) is 21.5. The fourth-order valence-electron chi connectivity index (χ4n) is 3.25. The molecular weight excluding hydrogens is 392 g/mol. The van der Waals surface area contributed by atoms with Crippen molar-refractivity contribution in [2.45, 2.75) is 6.42 Å². The second kappa shape index (κ2) is 9.41. The van der Waals surface area contributed by atoms with Crippen LogP contribution in [0.1, 0.15) is 27.1 Å². The molecule has 1 aliphatic rings. The Morgan fingerprint density at radius 2 is 1.79 bits per heavy atom. The smallest absolute Gasteiger partial charge is 0.337 e. The van der Waals surface area contributed by atoms with Crippen molar-refractivity contribution in [2.24, 2.45) is 0 Å². The van der Waals surface area contributed by atoms with Gasteiger partial charge >= 0.3 is 5.97 Å². The predicted molar refractivity (Wildman–Crippen MR) is 112 cm³/mol. The molecule has 0 saturated carbocycles. The highest BCUT2D eigenvalue weighted by Crippen LogP contribution is 2.25. The van der Waals surface area contributed by atoms with Gasteiger partial charge in [0.2, 0.25) is 0 Å². The molecule has 0 bridgehead atoms. The lowest BCUT2D eigenvalue weighted by molar-refractivity contribution is 0.0698. The molecule has 1 fully saturated rings. The maximum Gasteiger partial charge on any atom is 0.337 e. The van der Waals surface area contributed by atoms with Crippen LogP contribution in [0.25, 0.3) is 0 Å². The van der Waals surface area contributed by atoms with Crippen molar-refractivity contribution in [3.8, 4) is 6.07 Å². The molecule has 2 N–H and O–H groups in total. The summed E-state index contributed by atoms with van der Waals surface area (Å²) in [4.78, 5) is 28.5. The molecule has 2 aromatic carbocycles. The molecule has 0 atom stereocenters. The molecule has 1 saturated heterocycles. The second-order valence-corrected chi connectivity index (χ2v) is 7.17. The van der Waals surface area contributed by atoms with Crippen LogP contribution in [-0.4, -0.2) is 54.6 Å². The summed E-state index contributed by atoms with van der Waals surface area (Å²) < 4.78 is 0. The third-order valence-corrected chi connectivity index (χ3v) is 5.12. The van der Waals surface area contributed by atoms with Gasteiger partial charge in [-0.25, -0.2) is 4.79 Å². The molecule has 0 aliphatic carbocycles. The number of anilines is 2. The van der Waals surface area contributed by atoms with Crippen LogP contribution in [0.2, 0.25) is 5.02 Å². The zero-order chi connectivity index (χ0) is 20.8. The molecule has 0 radical (unpaired) electrons. The van der Waals surface area contributed by atoms with Crippen molar-refractivity contribution >= 4 is 34.9 Å². The lowest BCUT2D eigenvalue weighted by Gasteiger charge is -2.36. The first-order valence-corrected chi connectivity index (χ1v) is 9.64. The van der Waals surface area contributed by atoms with Gasteiger partial charge in [-0.1, -0.05) is 11.6 Å². The highest BCUT2D eigenvalue weighted by atomic mass is 35.5. The largest absolute Gasteiger partial charge is 0.478 e. The number of carbonyl (C=O) groups excluding carboxylic acids is 1. The fourth-order valence-corrected chi connectivity index (χ4v) is 3.37. The van der Waals surface area contributed by atoms with Crippen LogP contribution in [0.3, 0.4) is 0 Å². The van der Waals surface area contributed by atoms with Gasteiger partial charge in [0, 0.05) is 55.4 Å². The van der Waals surface area contributed by atoms with Crippen LogP contribution < -0.4 is 10.2 Å². The van der Waals surface area contributed by atoms with Crippen molar-refractivity contribution in [2.75, 3.05) is 42.9 Å². The molecule has 1 amide bonds. The van der Waals surface area contributed by atoms with Gasteiger partial charge in [-0.05, 0) is 42.5 Å². The summed E-state index contributed by atoms with van der Waals surface area (Å²) in [5.74, 6) is -1.51. The van der Waals surface area contributed by atoms with Crippen molar-refractivity contribution in [3.05, 3.63) is 58.6 Å². The summed E-state index contributed by atoms with van der Waals surface area (Å²) in [6.07, 6.45) is 0.505. The normalized spacial score (nSPS) is 14.3. The highest BCUT2D eigenvalue weighted by Gasteiger charge is 2.20. The zero-order valence-corrected chi connectivity index (χ0v) is 16.5. The van der Waals surface area contributed by atoms with Crippen molar-refractivity contribution < 1.29 is 14.7 Å². The number of piperazine rings is 1. The Morgan fingerprint density at radius 3 is 2.41 bits per heavy atom. The topological polar surface area (TPSA) is 96.7 Å². The maximum absolute atomic E-state index is 12.4. The lowest BCUT2D eigenvalue weighted by atomic mass is 10.1. The maximum atomic E-state index is 12.4. The minimum atomic E-state index is -1.11. The molecule has 7 nitrogen and oxygen atoms in total. The van der Waals surface area contributed by atoms with Gasteiger partial charge in [-0.3, -0.25) is 9.69 Å². The van der Waals surface area contributed by atoms with E-state index in [0.29, 0.717) is 17.0 Å². The number of halogens is 1. The van der Waals surface area contributed by atoms with Gasteiger partial charge in [-0.2, -0.15) is 5.26 Å². The SMILES string of the molecule is N#CCCN1CCN(c2ccc(NC(=O)c3ccc(Cl)cc3)c(C(=O)O)c2)CC1. The van der Waals surface area contributed by atoms with E-state index < -0.39 is 11.9 Å². The van der Waals surface area contributed by atoms with Crippen molar-refractivity contribution in [3.63, 3.8) is 0 Å². The van der Waals surface area contributed by atoms with E-state index in [1.165, 1.54) is 0 Å². The number of nitrogens with one attached hydrogen (secondary N) is 1. The van der Waals surface area contributed by atoms with E-state index >= 15 is 0 Å². The Bertz CT molecular complexity index is 932. The van der Waals surface area contributed by atoms with E-state index in [-0.39, 0.29) is 11.3 Å². The van der Waals surface area contributed by atoms with Gasteiger partial charge in [0.05, 0.1) is 17.3 Å². The van der Waals surface area contributed by atoms with Gasteiger partial charge in [-0.15, -0.1) is 0 Å². The molecule has 2 aromatic rings. The van der Waals surface area contributed by atoms with E-state index in [1.807, 2.05) is 6.07 Å². The summed E-state index contributed by atoms with van der Waals surface area (Å²) in [7, 11) is 0. The number of carboxylic acids is 1. The number of aromatic carboxylic acids is 1. The number of benzene rings is 2. The molecule has 3 rings (SSSR count). The first-order chi connectivity index (χ1) is 14.0. The predicted octanol–water partition coefficient (Wildman–Crippen LogP) is 3.33. The summed E-state index contributed by atoms with van der Waals surface area (Å²) >= 11 is 5.84. The zero-order valence-electron chi connectivity index (χ0n) is 15.8. The molecule has 29 heavy (non-hydrogen) atoms. The molecular formula is C21H21ClN4O3. The average Bonchev–Trinajstić information content (AvgIpc) is 2.73. The van der Waals surface area contributed by atoms with Crippen molar-refractivity contribution in [1.29, 1.82) is 5.26 Å². The second-order valence-electron chi connectivity index (χ2n) is 6.73. The summed E-state index contributed by atoms with van der Waals surface area (Å²) in [6, 6.07) is 13.5. The minimum absolute atomic E-state index is 0.0386. The van der Waals surface area contributed by atoms with E-state index in [2.05, 4.69) is 21.2 Å².